The van der Waals surface area contributed by atoms with Crippen molar-refractivity contribution in [1.29, 1.82) is 0 Å². The average molecular weight is 664 g/mol. The van der Waals surface area contributed by atoms with Crippen LogP contribution in [0.2, 0.25) is 0 Å². The van der Waals surface area contributed by atoms with E-state index in [9.17, 15) is 4.79 Å². The number of aromatic nitrogens is 1. The molecule has 9 heteroatoms. The Kier molecular flexibility index (Phi) is 9.96. The summed E-state index contributed by atoms with van der Waals surface area (Å²) in [5.74, 6) is 2.85. The number of fused-ring (bicyclic) bond motifs is 1. The van der Waals surface area contributed by atoms with Crippen LogP contribution in [0.1, 0.15) is 60.0 Å². The van der Waals surface area contributed by atoms with Crippen LogP contribution in [0.15, 0.2) is 77.9 Å². The van der Waals surface area contributed by atoms with Gasteiger partial charge in [-0.1, -0.05) is 18.2 Å². The second kappa shape index (κ2) is 14.5. The van der Waals surface area contributed by atoms with E-state index in [1.54, 1.807) is 37.5 Å². The topological polar surface area (TPSA) is 82.5 Å². The summed E-state index contributed by atoms with van der Waals surface area (Å²) in [6.45, 7) is 8.79. The van der Waals surface area contributed by atoms with E-state index >= 15 is 0 Å². The molecular weight excluding hydrogens is 623 g/mol. The van der Waals surface area contributed by atoms with Crippen molar-refractivity contribution in [2.75, 3.05) is 27.4 Å². The number of rotatable bonds is 12. The van der Waals surface area contributed by atoms with E-state index in [4.69, 9.17) is 29.0 Å². The van der Waals surface area contributed by atoms with Crippen LogP contribution >= 0.6 is 11.3 Å². The van der Waals surface area contributed by atoms with E-state index in [0.29, 0.717) is 31.1 Å². The number of benzene rings is 4. The molecular formula is C39H41N3O5S. The number of carbonyl (C=O) groups is 1. The minimum absolute atomic E-state index is 0.120. The lowest BCUT2D eigenvalue weighted by molar-refractivity contribution is -0.130. The highest BCUT2D eigenvalue weighted by Gasteiger charge is 2.32. The maximum absolute atomic E-state index is 12.7. The normalized spacial score (nSPS) is 14.2. The number of unbranched alkanes of at least 4 members (excludes halogenated alkanes) is 1. The van der Waals surface area contributed by atoms with Gasteiger partial charge in [0.2, 0.25) is 5.91 Å². The highest BCUT2D eigenvalue weighted by molar-refractivity contribution is 7.21. The monoisotopic (exact) mass is 663 g/mol. The summed E-state index contributed by atoms with van der Waals surface area (Å²) in [7, 11) is 3.30. The molecule has 0 bridgehead atoms. The lowest BCUT2D eigenvalue weighted by atomic mass is 9.95. The van der Waals surface area contributed by atoms with Crippen LogP contribution in [0.5, 0.6) is 23.0 Å². The van der Waals surface area contributed by atoms with E-state index in [2.05, 4.69) is 38.1 Å². The van der Waals surface area contributed by atoms with Crippen molar-refractivity contribution in [2.24, 2.45) is 5.10 Å². The summed E-state index contributed by atoms with van der Waals surface area (Å²) < 4.78 is 24.7. The number of nitrogens with zero attached hydrogens (tertiary/aromatic N) is 3. The number of carbonyl (C=O) groups excluding carboxylic acids is 1. The maximum Gasteiger partial charge on any atom is 0.240 e. The summed E-state index contributed by atoms with van der Waals surface area (Å²) in [5, 5.41) is 7.32. The highest BCUT2D eigenvalue weighted by Crippen LogP contribution is 2.39. The Labute approximate surface area is 285 Å². The molecule has 0 radical (unpaired) electrons. The molecule has 1 atom stereocenters. The number of hydrogen-bond acceptors (Lipinski definition) is 8. The van der Waals surface area contributed by atoms with Gasteiger partial charge in [-0.3, -0.25) is 4.79 Å². The van der Waals surface area contributed by atoms with Crippen molar-refractivity contribution in [3.05, 3.63) is 101 Å². The van der Waals surface area contributed by atoms with Gasteiger partial charge in [0.25, 0.3) is 0 Å². The van der Waals surface area contributed by atoms with Crippen LogP contribution in [0, 0.1) is 20.8 Å². The fourth-order valence-electron chi connectivity index (χ4n) is 5.96. The number of methoxy groups -OCH3 is 2. The van der Waals surface area contributed by atoms with E-state index in [1.165, 1.54) is 4.70 Å². The van der Waals surface area contributed by atoms with Crippen molar-refractivity contribution in [3.8, 4) is 33.6 Å². The zero-order valence-electron chi connectivity index (χ0n) is 28.3. The number of thiazole rings is 1. The van der Waals surface area contributed by atoms with Gasteiger partial charge < -0.3 is 18.9 Å². The summed E-state index contributed by atoms with van der Waals surface area (Å²) >= 11 is 1.70. The molecule has 8 nitrogen and oxygen atoms in total. The molecule has 0 spiro atoms. The lowest BCUT2D eigenvalue weighted by Crippen LogP contribution is -2.24. The molecule has 0 aliphatic carbocycles. The summed E-state index contributed by atoms with van der Waals surface area (Å²) in [4.78, 5) is 17.5. The predicted molar refractivity (Wildman–Crippen MR) is 192 cm³/mol. The molecule has 0 N–H and O–H groups in total. The summed E-state index contributed by atoms with van der Waals surface area (Å²) in [6, 6.07) is 24.1. The Balaban J connectivity index is 1.05. The van der Waals surface area contributed by atoms with E-state index in [-0.39, 0.29) is 11.9 Å². The maximum atomic E-state index is 12.7. The Morgan fingerprint density at radius 2 is 1.52 bits per heavy atom. The van der Waals surface area contributed by atoms with Gasteiger partial charge >= 0.3 is 0 Å². The van der Waals surface area contributed by atoms with Crippen molar-refractivity contribution in [3.63, 3.8) is 0 Å². The van der Waals surface area contributed by atoms with Crippen LogP contribution < -0.4 is 18.9 Å². The molecule has 48 heavy (non-hydrogen) atoms. The number of aryl methyl sites for hydroxylation is 2. The van der Waals surface area contributed by atoms with Gasteiger partial charge in [-0.05, 0) is 110 Å². The minimum Gasteiger partial charge on any atom is -0.496 e. The standard InChI is InChI=1S/C39H41N3O5S/c1-24-19-30(22-36(45-6)26(24)3)32-23-33(42(41-32)27(4)43)28-13-16-35(44-5)37(21-28)47-18-10-9-17-46-34-15-14-29(20-25(34)2)39-40-31-11-7-8-12-38(31)48-39/h7-8,11-16,19-22,33H,9-10,17-18,23H2,1-6H3. The van der Waals surface area contributed by atoms with Crippen molar-refractivity contribution in [2.45, 2.75) is 53.0 Å². The molecule has 1 amide bonds. The highest BCUT2D eigenvalue weighted by atomic mass is 32.1. The second-order valence-electron chi connectivity index (χ2n) is 12.0. The van der Waals surface area contributed by atoms with Gasteiger partial charge in [-0.15, -0.1) is 11.3 Å². The Hall–Kier alpha value is -4.89. The number of hydrogen-bond donors (Lipinski definition) is 0. The van der Waals surface area contributed by atoms with E-state index in [1.807, 2.05) is 55.5 Å². The van der Waals surface area contributed by atoms with Crippen molar-refractivity contribution >= 4 is 33.2 Å². The van der Waals surface area contributed by atoms with Crippen molar-refractivity contribution < 1.29 is 23.7 Å². The molecule has 0 saturated carbocycles. The molecule has 2 heterocycles. The number of hydrazone groups is 1. The molecule has 4 aromatic carbocycles. The number of para-hydroxylation sites is 1. The lowest BCUT2D eigenvalue weighted by Gasteiger charge is -2.22. The molecule has 1 aliphatic heterocycles. The second-order valence-corrected chi connectivity index (χ2v) is 13.1. The minimum atomic E-state index is -0.254. The Morgan fingerprint density at radius 3 is 2.23 bits per heavy atom. The zero-order valence-corrected chi connectivity index (χ0v) is 29.1. The molecule has 0 fully saturated rings. The molecule has 1 aliphatic rings. The van der Waals surface area contributed by atoms with E-state index in [0.717, 1.165) is 74.0 Å². The number of ether oxygens (including phenoxy) is 4. The largest absolute Gasteiger partial charge is 0.496 e. The van der Waals surface area contributed by atoms with Crippen LogP contribution in [0.25, 0.3) is 20.8 Å². The third-order valence-corrected chi connectivity index (χ3v) is 9.83. The molecule has 1 unspecified atom stereocenters. The van der Waals surface area contributed by atoms with Gasteiger partial charge in [0.1, 0.15) is 16.5 Å². The van der Waals surface area contributed by atoms with Crippen LogP contribution in [-0.4, -0.2) is 49.0 Å². The van der Waals surface area contributed by atoms with Crippen molar-refractivity contribution in [1.82, 2.24) is 9.99 Å². The first-order valence-corrected chi connectivity index (χ1v) is 17.0. The van der Waals surface area contributed by atoms with Gasteiger partial charge in [-0.2, -0.15) is 5.10 Å². The first-order chi connectivity index (χ1) is 23.2. The quantitative estimate of drug-likeness (QED) is 0.124. The van der Waals surface area contributed by atoms with Gasteiger partial charge in [0.15, 0.2) is 11.5 Å². The summed E-state index contributed by atoms with van der Waals surface area (Å²) in [5.41, 5.74) is 8.15. The van der Waals surface area contributed by atoms with Crippen LogP contribution in [0.4, 0.5) is 0 Å². The van der Waals surface area contributed by atoms with Gasteiger partial charge in [0.05, 0.1) is 49.4 Å². The third-order valence-electron chi connectivity index (χ3n) is 8.75. The first-order valence-electron chi connectivity index (χ1n) is 16.2. The fraction of sp³-hybridized carbons (Fsp3) is 0.308. The van der Waals surface area contributed by atoms with Gasteiger partial charge in [0, 0.05) is 24.5 Å². The van der Waals surface area contributed by atoms with Crippen LogP contribution in [-0.2, 0) is 4.79 Å². The number of amides is 1. The molecule has 0 saturated heterocycles. The fourth-order valence-corrected chi connectivity index (χ4v) is 6.92. The molecule has 248 valence electrons. The average Bonchev–Trinajstić information content (AvgIpc) is 3.74. The SMILES string of the molecule is COc1ccc(C2CC(c3cc(C)c(C)c(OC)c3)=NN2C(C)=O)cc1OCCCCOc1ccc(-c2nc3ccccc3s2)cc1C. The predicted octanol–water partition coefficient (Wildman–Crippen LogP) is 8.84. The van der Waals surface area contributed by atoms with E-state index < -0.39 is 0 Å². The zero-order chi connectivity index (χ0) is 33.8. The smallest absolute Gasteiger partial charge is 0.240 e. The molecule has 5 aromatic rings. The first kappa shape index (κ1) is 33.0. The molecule has 6 rings (SSSR count). The summed E-state index contributed by atoms with van der Waals surface area (Å²) in [6.07, 6.45) is 2.22. The van der Waals surface area contributed by atoms with Crippen LogP contribution in [0.3, 0.4) is 0 Å². The Morgan fingerprint density at radius 1 is 0.812 bits per heavy atom. The Bertz CT molecular complexity index is 1950. The van der Waals surface area contributed by atoms with Gasteiger partial charge in [-0.25, -0.2) is 9.99 Å². The third kappa shape index (κ3) is 7.01. The molecule has 1 aromatic heterocycles.